The molecule has 3 unspecified atom stereocenters. The Kier molecular flexibility index (Phi) is 8.05. The van der Waals surface area contributed by atoms with Crippen molar-refractivity contribution in [1.29, 1.82) is 5.53 Å². The van der Waals surface area contributed by atoms with E-state index in [2.05, 4.69) is 15.4 Å². The number of fused-ring (bicyclic) bond motifs is 1. The molecule has 2 fully saturated rings. The van der Waals surface area contributed by atoms with Crippen molar-refractivity contribution >= 4 is 41.6 Å². The highest BCUT2D eigenvalue weighted by atomic mass is 16.4. The summed E-state index contributed by atoms with van der Waals surface area (Å²) in [7, 11) is 0. The Bertz CT molecular complexity index is 1090. The molecule has 0 aliphatic carbocycles. The number of hydrazine groups is 1. The highest BCUT2D eigenvalue weighted by Crippen LogP contribution is 2.25. The summed E-state index contributed by atoms with van der Waals surface area (Å²) in [5.74, 6) is -4.65. The van der Waals surface area contributed by atoms with E-state index in [1.54, 1.807) is 30.3 Å². The van der Waals surface area contributed by atoms with Crippen molar-refractivity contribution in [2.45, 2.75) is 50.2 Å². The summed E-state index contributed by atoms with van der Waals surface area (Å²) < 4.78 is 0. The van der Waals surface area contributed by atoms with Crippen LogP contribution in [-0.4, -0.2) is 86.2 Å². The van der Waals surface area contributed by atoms with Crippen molar-refractivity contribution in [3.8, 4) is 0 Å². The molecule has 4 amide bonds. The number of carbonyl (C=O) groups is 6. The molecule has 2 aliphatic heterocycles. The monoisotopic (exact) mass is 485 g/mol. The van der Waals surface area contributed by atoms with E-state index in [0.717, 1.165) is 5.01 Å². The quantitative estimate of drug-likeness (QED) is 0.209. The van der Waals surface area contributed by atoms with E-state index in [0.29, 0.717) is 18.2 Å². The third-order valence-corrected chi connectivity index (χ3v) is 5.74. The largest absolute Gasteiger partial charge is 0.481 e. The first-order valence-corrected chi connectivity index (χ1v) is 11.0. The summed E-state index contributed by atoms with van der Waals surface area (Å²) in [6.07, 6.45) is 0.377. The third-order valence-electron chi connectivity index (χ3n) is 5.74. The maximum absolute atomic E-state index is 13.4. The van der Waals surface area contributed by atoms with Gasteiger partial charge in [0.25, 0.3) is 17.6 Å². The SMILES string of the molecule is N=[N+]=CC(=O)C(CC(=O)O)NC(=O)C1CCCN2C(=O)CCC(NC(=O)c3ccccc3)C(=O)N12. The van der Waals surface area contributed by atoms with Gasteiger partial charge in [-0.15, -0.1) is 0 Å². The van der Waals surface area contributed by atoms with E-state index in [-0.39, 0.29) is 25.8 Å². The standard InChI is InChI=1S/C22H24N6O7/c23-24-12-17(29)15(11-19(31)32)26-21(34)16-7-4-10-27-18(30)9-8-14(22(35)28(16)27)25-20(33)13-5-2-1-3-6-13/h1-3,5-6,12,14-16,23H,4,7-11H2,(H2-,25,26,31,32,33,34)/p+1. The zero-order chi connectivity index (χ0) is 25.5. The lowest BCUT2D eigenvalue weighted by Crippen LogP contribution is -2.64. The van der Waals surface area contributed by atoms with Crippen LogP contribution in [0.5, 0.6) is 0 Å². The van der Waals surface area contributed by atoms with Gasteiger partial charge in [0.05, 0.1) is 16.7 Å². The van der Waals surface area contributed by atoms with Crippen LogP contribution in [0, 0.1) is 5.53 Å². The average Bonchev–Trinajstić information content (AvgIpc) is 2.96. The molecule has 0 radical (unpaired) electrons. The second-order valence-electron chi connectivity index (χ2n) is 8.11. The molecule has 2 heterocycles. The van der Waals surface area contributed by atoms with E-state index in [4.69, 9.17) is 10.6 Å². The minimum atomic E-state index is -1.50. The lowest BCUT2D eigenvalue weighted by Gasteiger charge is -2.43. The smallest absolute Gasteiger partial charge is 0.374 e. The number of hydrogen-bond donors (Lipinski definition) is 4. The molecule has 3 atom stereocenters. The van der Waals surface area contributed by atoms with E-state index in [1.807, 2.05) is 0 Å². The van der Waals surface area contributed by atoms with Gasteiger partial charge in [0, 0.05) is 18.5 Å². The van der Waals surface area contributed by atoms with Crippen LogP contribution in [-0.2, 0) is 24.0 Å². The van der Waals surface area contributed by atoms with Crippen LogP contribution < -0.4 is 10.6 Å². The number of nitrogens with one attached hydrogen (secondary N) is 3. The maximum Gasteiger partial charge on any atom is 0.374 e. The van der Waals surface area contributed by atoms with Gasteiger partial charge in [-0.3, -0.25) is 33.8 Å². The molecule has 1 aromatic carbocycles. The van der Waals surface area contributed by atoms with Gasteiger partial charge in [-0.1, -0.05) is 18.2 Å². The zero-order valence-corrected chi connectivity index (χ0v) is 18.7. The van der Waals surface area contributed by atoms with Gasteiger partial charge in [-0.25, -0.2) is 5.01 Å². The lowest BCUT2D eigenvalue weighted by molar-refractivity contribution is -0.176. The molecule has 3 rings (SSSR count). The van der Waals surface area contributed by atoms with E-state index in [9.17, 15) is 28.8 Å². The third kappa shape index (κ3) is 5.95. The number of aliphatic carboxylic acids is 1. The van der Waals surface area contributed by atoms with Crippen LogP contribution in [0.3, 0.4) is 0 Å². The number of rotatable bonds is 8. The number of carboxylic acid groups (broad SMARTS) is 1. The van der Waals surface area contributed by atoms with Gasteiger partial charge in [-0.05, 0) is 31.4 Å². The molecule has 184 valence electrons. The highest BCUT2D eigenvalue weighted by molar-refractivity contribution is 6.28. The Morgan fingerprint density at radius 1 is 1.17 bits per heavy atom. The molecule has 2 saturated heterocycles. The second-order valence-corrected chi connectivity index (χ2v) is 8.11. The topological polar surface area (TPSA) is 191 Å². The molecular formula is C22H25N6O7+. The average molecular weight is 485 g/mol. The molecule has 0 spiro atoms. The van der Waals surface area contributed by atoms with Crippen molar-refractivity contribution < 1.29 is 38.7 Å². The number of amides is 4. The first-order valence-electron chi connectivity index (χ1n) is 11.0. The number of nitrogens with zero attached hydrogens (tertiary/aromatic N) is 3. The lowest BCUT2D eigenvalue weighted by atomic mass is 10.0. The molecule has 0 aromatic heterocycles. The Morgan fingerprint density at radius 2 is 1.89 bits per heavy atom. The summed E-state index contributed by atoms with van der Waals surface area (Å²) in [6, 6.07) is 4.44. The fourth-order valence-corrected chi connectivity index (χ4v) is 4.06. The van der Waals surface area contributed by atoms with Crippen molar-refractivity contribution in [3.63, 3.8) is 0 Å². The van der Waals surface area contributed by atoms with Gasteiger partial charge in [0.1, 0.15) is 18.1 Å². The molecule has 35 heavy (non-hydrogen) atoms. The predicted octanol–water partition coefficient (Wildman–Crippen LogP) is -0.848. The summed E-state index contributed by atoms with van der Waals surface area (Å²) in [5, 5.41) is 16.2. The predicted molar refractivity (Wildman–Crippen MR) is 117 cm³/mol. The summed E-state index contributed by atoms with van der Waals surface area (Å²) in [4.78, 5) is 78.0. The van der Waals surface area contributed by atoms with Crippen LogP contribution in [0.4, 0.5) is 0 Å². The summed E-state index contributed by atoms with van der Waals surface area (Å²) in [6.45, 7) is 0.191. The Morgan fingerprint density at radius 3 is 2.54 bits per heavy atom. The van der Waals surface area contributed by atoms with Crippen LogP contribution in [0.2, 0.25) is 0 Å². The van der Waals surface area contributed by atoms with Gasteiger partial charge in [-0.2, -0.15) is 0 Å². The Hall–Kier alpha value is -4.38. The van der Waals surface area contributed by atoms with E-state index < -0.39 is 59.9 Å². The molecule has 0 bridgehead atoms. The first-order chi connectivity index (χ1) is 16.7. The van der Waals surface area contributed by atoms with Gasteiger partial charge in [0.15, 0.2) is 0 Å². The fourth-order valence-electron chi connectivity index (χ4n) is 4.06. The fraction of sp³-hybridized carbons (Fsp3) is 0.409. The van der Waals surface area contributed by atoms with Gasteiger partial charge >= 0.3 is 12.2 Å². The number of ketones is 1. The van der Waals surface area contributed by atoms with E-state index >= 15 is 0 Å². The van der Waals surface area contributed by atoms with Crippen molar-refractivity contribution in [2.24, 2.45) is 0 Å². The zero-order valence-electron chi connectivity index (χ0n) is 18.7. The summed E-state index contributed by atoms with van der Waals surface area (Å²) in [5.41, 5.74) is 7.10. The van der Waals surface area contributed by atoms with Gasteiger partial charge in [0.2, 0.25) is 11.8 Å². The molecule has 13 heteroatoms. The number of benzene rings is 1. The molecule has 4 N–H and O–H groups in total. The van der Waals surface area contributed by atoms with Crippen molar-refractivity contribution in [2.75, 3.05) is 6.54 Å². The first kappa shape index (κ1) is 25.2. The Balaban J connectivity index is 1.84. The molecule has 1 aromatic rings. The maximum atomic E-state index is 13.4. The highest BCUT2D eigenvalue weighted by Gasteiger charge is 2.45. The van der Waals surface area contributed by atoms with Crippen molar-refractivity contribution in [3.05, 3.63) is 35.9 Å². The van der Waals surface area contributed by atoms with Crippen molar-refractivity contribution in [1.82, 2.24) is 20.7 Å². The molecule has 2 aliphatic rings. The second kappa shape index (κ2) is 11.2. The molecule has 13 nitrogen and oxygen atoms in total. The minimum Gasteiger partial charge on any atom is -0.481 e. The normalized spacial score (nSPS) is 20.6. The van der Waals surface area contributed by atoms with Crippen LogP contribution in [0.1, 0.15) is 42.5 Å². The number of hydrogen-bond acceptors (Lipinski definition) is 7. The number of Topliss-reactive ketones (excluding diaryl/α,β-unsaturated/α-hetero) is 1. The van der Waals surface area contributed by atoms with Crippen LogP contribution >= 0.6 is 0 Å². The minimum absolute atomic E-state index is 0.0313. The summed E-state index contributed by atoms with van der Waals surface area (Å²) >= 11 is 0. The number of carbonyl (C=O) groups excluding carboxylic acids is 5. The van der Waals surface area contributed by atoms with Crippen LogP contribution in [0.25, 0.3) is 0 Å². The number of carboxylic acids is 1. The van der Waals surface area contributed by atoms with Gasteiger partial charge < -0.3 is 15.7 Å². The molecular weight excluding hydrogens is 460 g/mol. The molecule has 0 saturated carbocycles. The van der Waals surface area contributed by atoms with Crippen LogP contribution in [0.15, 0.2) is 30.3 Å². The van der Waals surface area contributed by atoms with E-state index in [1.165, 1.54) is 5.01 Å². The Labute approximate surface area is 199 Å².